The van der Waals surface area contributed by atoms with Gasteiger partial charge in [-0.2, -0.15) is 0 Å². The molecule has 102 valence electrons. The number of carboxylic acid groups (broad SMARTS) is 1. The molecule has 1 atom stereocenters. The van der Waals surface area contributed by atoms with E-state index >= 15 is 0 Å². The fraction of sp³-hybridized carbons (Fsp3) is 0.182. The van der Waals surface area contributed by atoms with Crippen molar-refractivity contribution < 1.29 is 19.5 Å². The lowest BCUT2D eigenvalue weighted by Crippen LogP contribution is -2.43. The molecule has 0 aliphatic carbocycles. The molecule has 0 aliphatic heterocycles. The van der Waals surface area contributed by atoms with Crippen molar-refractivity contribution in [2.24, 2.45) is 5.73 Å². The van der Waals surface area contributed by atoms with Crippen LogP contribution in [0.15, 0.2) is 18.2 Å². The van der Waals surface area contributed by atoms with Gasteiger partial charge in [0, 0.05) is 5.56 Å². The van der Waals surface area contributed by atoms with E-state index in [1.807, 2.05) is 0 Å². The van der Waals surface area contributed by atoms with Crippen LogP contribution in [0.4, 0.5) is 5.69 Å². The number of aliphatic carboxylic acids is 1. The van der Waals surface area contributed by atoms with E-state index < -0.39 is 30.2 Å². The molecule has 0 bridgehead atoms. The Morgan fingerprint density at radius 1 is 1.37 bits per heavy atom. The van der Waals surface area contributed by atoms with E-state index in [1.54, 1.807) is 0 Å². The quantitative estimate of drug-likeness (QED) is 0.564. The number of amides is 2. The molecule has 1 aromatic rings. The number of carboxylic acids is 1. The molecule has 0 spiro atoms. The molecule has 0 radical (unpaired) electrons. The summed E-state index contributed by atoms with van der Waals surface area (Å²) in [6.45, 7) is 0. The van der Waals surface area contributed by atoms with E-state index in [1.165, 1.54) is 18.2 Å². The van der Waals surface area contributed by atoms with Gasteiger partial charge in [-0.15, -0.1) is 0 Å². The van der Waals surface area contributed by atoms with Crippen LogP contribution in [0.5, 0.6) is 0 Å². The van der Waals surface area contributed by atoms with Crippen LogP contribution < -0.4 is 16.8 Å². The third-order valence-electron chi connectivity index (χ3n) is 2.27. The number of carbonyl (C=O) groups is 3. The summed E-state index contributed by atoms with van der Waals surface area (Å²) < 4.78 is 0. The zero-order valence-electron chi connectivity index (χ0n) is 9.72. The maximum atomic E-state index is 11.8. The van der Waals surface area contributed by atoms with E-state index in [0.717, 1.165) is 0 Å². The first-order valence-electron chi connectivity index (χ1n) is 5.18. The van der Waals surface area contributed by atoms with Crippen molar-refractivity contribution in [3.8, 4) is 0 Å². The molecule has 0 heterocycles. The first kappa shape index (κ1) is 14.8. The van der Waals surface area contributed by atoms with Gasteiger partial charge in [0.15, 0.2) is 0 Å². The standard InChI is InChI=1S/C11H12ClN3O4/c12-6-2-1-5(3-7(6)13)10(17)15-8(11(18)19)4-9(14)16/h1-3,8H,4,13H2,(H2,14,16)(H,15,17)(H,18,19). The lowest BCUT2D eigenvalue weighted by atomic mass is 10.1. The Kier molecular flexibility index (Phi) is 4.71. The summed E-state index contributed by atoms with van der Waals surface area (Å²) in [5.41, 5.74) is 10.8. The summed E-state index contributed by atoms with van der Waals surface area (Å²) in [6.07, 6.45) is -0.496. The number of nitrogens with one attached hydrogen (secondary N) is 1. The van der Waals surface area contributed by atoms with Crippen LogP contribution >= 0.6 is 11.6 Å². The Morgan fingerprint density at radius 2 is 2.00 bits per heavy atom. The van der Waals surface area contributed by atoms with E-state index in [9.17, 15) is 14.4 Å². The average Bonchev–Trinajstić information content (AvgIpc) is 2.31. The highest BCUT2D eigenvalue weighted by Gasteiger charge is 2.22. The maximum Gasteiger partial charge on any atom is 0.326 e. The van der Waals surface area contributed by atoms with Crippen LogP contribution in [0.2, 0.25) is 5.02 Å². The van der Waals surface area contributed by atoms with Crippen molar-refractivity contribution in [2.75, 3.05) is 5.73 Å². The van der Waals surface area contributed by atoms with Crippen LogP contribution in [-0.2, 0) is 9.59 Å². The zero-order chi connectivity index (χ0) is 14.6. The lowest BCUT2D eigenvalue weighted by molar-refractivity contribution is -0.140. The second kappa shape index (κ2) is 6.05. The normalized spacial score (nSPS) is 11.6. The molecule has 1 unspecified atom stereocenters. The van der Waals surface area contributed by atoms with Crippen molar-refractivity contribution in [1.82, 2.24) is 5.32 Å². The van der Waals surface area contributed by atoms with Crippen LogP contribution in [0.25, 0.3) is 0 Å². The van der Waals surface area contributed by atoms with Gasteiger partial charge in [0.05, 0.1) is 17.1 Å². The summed E-state index contributed by atoms with van der Waals surface area (Å²) in [4.78, 5) is 33.3. The minimum Gasteiger partial charge on any atom is -0.480 e. The summed E-state index contributed by atoms with van der Waals surface area (Å²) in [7, 11) is 0. The third-order valence-corrected chi connectivity index (χ3v) is 2.61. The number of primary amides is 1. The molecular formula is C11H12ClN3O4. The van der Waals surface area contributed by atoms with Gasteiger partial charge >= 0.3 is 5.97 Å². The summed E-state index contributed by atoms with van der Waals surface area (Å²) >= 11 is 5.70. The fourth-order valence-electron chi connectivity index (χ4n) is 1.33. The number of rotatable bonds is 5. The molecule has 0 saturated carbocycles. The number of halogens is 1. The number of nitrogen functional groups attached to an aromatic ring is 1. The smallest absolute Gasteiger partial charge is 0.326 e. The Bertz CT molecular complexity index is 533. The van der Waals surface area contributed by atoms with Crippen molar-refractivity contribution >= 4 is 35.1 Å². The maximum absolute atomic E-state index is 11.8. The Hall–Kier alpha value is -2.28. The predicted octanol–water partition coefficient (Wildman–Crippen LogP) is -0.0194. The van der Waals surface area contributed by atoms with Gasteiger partial charge in [0.1, 0.15) is 6.04 Å². The predicted molar refractivity (Wildman–Crippen MR) is 68.6 cm³/mol. The topological polar surface area (TPSA) is 136 Å². The minimum atomic E-state index is -1.39. The number of nitrogens with two attached hydrogens (primary N) is 2. The van der Waals surface area contributed by atoms with Crippen molar-refractivity contribution in [3.63, 3.8) is 0 Å². The first-order valence-corrected chi connectivity index (χ1v) is 5.56. The number of hydrogen-bond acceptors (Lipinski definition) is 4. The summed E-state index contributed by atoms with van der Waals surface area (Å²) in [5, 5.41) is 11.3. The number of carbonyl (C=O) groups excluding carboxylic acids is 2. The second-order valence-corrected chi connectivity index (χ2v) is 4.18. The third kappa shape index (κ3) is 4.14. The first-order chi connectivity index (χ1) is 8.81. The lowest BCUT2D eigenvalue weighted by Gasteiger charge is -2.13. The Balaban J connectivity index is 2.84. The highest BCUT2D eigenvalue weighted by Crippen LogP contribution is 2.19. The highest BCUT2D eigenvalue weighted by atomic mass is 35.5. The van der Waals surface area contributed by atoms with Crippen LogP contribution in [0.3, 0.4) is 0 Å². The molecule has 19 heavy (non-hydrogen) atoms. The van der Waals surface area contributed by atoms with Gasteiger partial charge in [-0.05, 0) is 18.2 Å². The molecule has 8 heteroatoms. The molecule has 2 amide bonds. The van der Waals surface area contributed by atoms with E-state index in [-0.39, 0.29) is 16.3 Å². The van der Waals surface area contributed by atoms with E-state index in [4.69, 9.17) is 28.2 Å². The van der Waals surface area contributed by atoms with Gasteiger partial charge in [-0.1, -0.05) is 11.6 Å². The molecule has 0 aromatic heterocycles. The molecule has 0 aliphatic rings. The monoisotopic (exact) mass is 285 g/mol. The number of anilines is 1. The Morgan fingerprint density at radius 3 is 2.47 bits per heavy atom. The number of benzene rings is 1. The molecule has 1 aromatic carbocycles. The van der Waals surface area contributed by atoms with E-state index in [0.29, 0.717) is 0 Å². The molecule has 6 N–H and O–H groups in total. The van der Waals surface area contributed by atoms with Gasteiger partial charge in [-0.25, -0.2) is 4.79 Å². The van der Waals surface area contributed by atoms with Crippen molar-refractivity contribution in [2.45, 2.75) is 12.5 Å². The molecular weight excluding hydrogens is 274 g/mol. The fourth-order valence-corrected chi connectivity index (χ4v) is 1.45. The van der Waals surface area contributed by atoms with E-state index in [2.05, 4.69) is 5.32 Å². The molecule has 1 rings (SSSR count). The van der Waals surface area contributed by atoms with Crippen molar-refractivity contribution in [3.05, 3.63) is 28.8 Å². The van der Waals surface area contributed by atoms with Crippen molar-refractivity contribution in [1.29, 1.82) is 0 Å². The SMILES string of the molecule is NC(=O)CC(NC(=O)c1ccc(Cl)c(N)c1)C(=O)O. The largest absolute Gasteiger partial charge is 0.480 e. The molecule has 0 fully saturated rings. The second-order valence-electron chi connectivity index (χ2n) is 3.77. The number of hydrogen-bond donors (Lipinski definition) is 4. The summed E-state index contributed by atoms with van der Waals surface area (Å²) in [6, 6.07) is 2.72. The zero-order valence-corrected chi connectivity index (χ0v) is 10.5. The van der Waals surface area contributed by atoms with Crippen LogP contribution in [0, 0.1) is 0 Å². The van der Waals surface area contributed by atoms with Gasteiger partial charge in [0.25, 0.3) is 5.91 Å². The Labute approximate surface area is 113 Å². The minimum absolute atomic E-state index is 0.137. The molecule has 0 saturated heterocycles. The van der Waals surface area contributed by atoms with Gasteiger partial charge in [0.2, 0.25) is 5.91 Å². The van der Waals surface area contributed by atoms with Crippen LogP contribution in [-0.4, -0.2) is 28.9 Å². The van der Waals surface area contributed by atoms with Crippen LogP contribution in [0.1, 0.15) is 16.8 Å². The summed E-state index contributed by atoms with van der Waals surface area (Å²) in [5.74, 6) is -2.87. The highest BCUT2D eigenvalue weighted by molar-refractivity contribution is 6.33. The molecule has 7 nitrogen and oxygen atoms in total. The van der Waals surface area contributed by atoms with Gasteiger partial charge < -0.3 is 21.9 Å². The van der Waals surface area contributed by atoms with Gasteiger partial charge in [-0.3, -0.25) is 9.59 Å². The average molecular weight is 286 g/mol.